The molecule has 0 radical (unpaired) electrons. The van der Waals surface area contributed by atoms with Gasteiger partial charge in [-0.15, -0.1) is 11.3 Å². The molecule has 2 heterocycles. The molecule has 1 aromatic heterocycles. The van der Waals surface area contributed by atoms with Gasteiger partial charge in [0.15, 0.2) is 5.78 Å². The maximum atomic E-state index is 11.8. The molecule has 1 aliphatic rings. The molecule has 1 aliphatic heterocycles. The highest BCUT2D eigenvalue weighted by molar-refractivity contribution is 9.11. The van der Waals surface area contributed by atoms with E-state index < -0.39 is 0 Å². The molecule has 0 saturated carbocycles. The highest BCUT2D eigenvalue weighted by atomic mass is 79.9. The van der Waals surface area contributed by atoms with Crippen LogP contribution in [0, 0.1) is 0 Å². The molecule has 1 aromatic rings. The molecule has 0 fully saturated rings. The maximum absolute atomic E-state index is 11.8. The van der Waals surface area contributed by atoms with Crippen molar-refractivity contribution in [1.29, 1.82) is 0 Å². The van der Waals surface area contributed by atoms with Crippen molar-refractivity contribution >= 4 is 33.0 Å². The molecular formula is C10H11BrN2OS. The fourth-order valence-electron chi connectivity index (χ4n) is 1.43. The second kappa shape index (κ2) is 4.37. The van der Waals surface area contributed by atoms with Crippen molar-refractivity contribution in [2.24, 2.45) is 0 Å². The second-order valence-corrected chi connectivity index (χ2v) is 5.20. The van der Waals surface area contributed by atoms with E-state index in [1.54, 1.807) is 0 Å². The van der Waals surface area contributed by atoms with Crippen molar-refractivity contribution in [3.8, 4) is 0 Å². The van der Waals surface area contributed by atoms with E-state index in [9.17, 15) is 4.79 Å². The summed E-state index contributed by atoms with van der Waals surface area (Å²) in [7, 11) is 1.98. The Morgan fingerprint density at radius 3 is 3.00 bits per heavy atom. The molecule has 0 N–H and O–H groups in total. The van der Waals surface area contributed by atoms with Gasteiger partial charge in [-0.25, -0.2) is 0 Å². The van der Waals surface area contributed by atoms with Crippen LogP contribution in [0.5, 0.6) is 0 Å². The van der Waals surface area contributed by atoms with E-state index in [-0.39, 0.29) is 5.78 Å². The summed E-state index contributed by atoms with van der Waals surface area (Å²) in [5.41, 5.74) is 0. The minimum Gasteiger partial charge on any atom is -0.350 e. The molecule has 0 amide bonds. The summed E-state index contributed by atoms with van der Waals surface area (Å²) >= 11 is 4.91. The molecule has 15 heavy (non-hydrogen) atoms. The Bertz CT molecular complexity index is 388. The number of carbonyl (C=O) groups is 1. The average Bonchev–Trinajstić information content (AvgIpc) is 2.77. The van der Waals surface area contributed by atoms with Gasteiger partial charge in [-0.3, -0.25) is 4.79 Å². The van der Waals surface area contributed by atoms with Crippen LogP contribution in [0.2, 0.25) is 0 Å². The minimum atomic E-state index is 0.178. The van der Waals surface area contributed by atoms with Crippen molar-refractivity contribution in [3.05, 3.63) is 33.2 Å². The Morgan fingerprint density at radius 1 is 1.67 bits per heavy atom. The second-order valence-electron chi connectivity index (χ2n) is 3.44. The SMILES string of the molecule is CN1CN(CC(=O)c2cccs2)C=C1Br. The first-order valence-corrected chi connectivity index (χ1v) is 6.23. The number of thiophene rings is 1. The molecule has 2 rings (SSSR count). The Kier molecular flexibility index (Phi) is 3.11. The van der Waals surface area contributed by atoms with Gasteiger partial charge in [-0.05, 0) is 27.4 Å². The largest absolute Gasteiger partial charge is 0.350 e. The predicted molar refractivity (Wildman–Crippen MR) is 65.0 cm³/mol. The number of carbonyl (C=O) groups excluding carboxylic acids is 1. The quantitative estimate of drug-likeness (QED) is 0.629. The summed E-state index contributed by atoms with van der Waals surface area (Å²) in [6, 6.07) is 3.77. The minimum absolute atomic E-state index is 0.178. The zero-order valence-corrected chi connectivity index (χ0v) is 10.7. The molecule has 0 bridgehead atoms. The Labute approximate surface area is 101 Å². The number of hydrogen-bond donors (Lipinski definition) is 0. The molecular weight excluding hydrogens is 276 g/mol. The van der Waals surface area contributed by atoms with Crippen molar-refractivity contribution in [3.63, 3.8) is 0 Å². The van der Waals surface area contributed by atoms with Crippen molar-refractivity contribution in [2.75, 3.05) is 20.3 Å². The lowest BCUT2D eigenvalue weighted by atomic mass is 10.3. The molecule has 0 spiro atoms. The number of Topliss-reactive ketones (excluding diaryl/α,β-unsaturated/α-hetero) is 1. The Morgan fingerprint density at radius 2 is 2.47 bits per heavy atom. The van der Waals surface area contributed by atoms with E-state index in [4.69, 9.17) is 0 Å². The first kappa shape index (κ1) is 10.7. The lowest BCUT2D eigenvalue weighted by molar-refractivity contribution is 0.0952. The van der Waals surface area contributed by atoms with Gasteiger partial charge in [-0.2, -0.15) is 0 Å². The predicted octanol–water partition coefficient (Wildman–Crippen LogP) is 2.33. The maximum Gasteiger partial charge on any atom is 0.192 e. The Hall–Kier alpha value is -0.810. The van der Waals surface area contributed by atoms with Crippen molar-refractivity contribution in [2.45, 2.75) is 0 Å². The zero-order chi connectivity index (χ0) is 10.8. The van der Waals surface area contributed by atoms with Gasteiger partial charge in [0.2, 0.25) is 0 Å². The highest BCUT2D eigenvalue weighted by Crippen LogP contribution is 2.19. The van der Waals surface area contributed by atoms with Crippen LogP contribution in [0.4, 0.5) is 0 Å². The third-order valence-electron chi connectivity index (χ3n) is 2.19. The van der Waals surface area contributed by atoms with Crippen LogP contribution < -0.4 is 0 Å². The lowest BCUT2D eigenvalue weighted by Gasteiger charge is -2.16. The zero-order valence-electron chi connectivity index (χ0n) is 8.31. The van der Waals surface area contributed by atoms with Gasteiger partial charge < -0.3 is 9.80 Å². The van der Waals surface area contributed by atoms with E-state index in [0.29, 0.717) is 6.54 Å². The van der Waals surface area contributed by atoms with Gasteiger partial charge in [-0.1, -0.05) is 6.07 Å². The summed E-state index contributed by atoms with van der Waals surface area (Å²) < 4.78 is 1.02. The standard InChI is InChI=1S/C10H11BrN2OS/c1-12-7-13(6-10(12)11)5-8(14)9-3-2-4-15-9/h2-4,6H,5,7H2,1H3. The molecule has 0 aromatic carbocycles. The first-order chi connectivity index (χ1) is 7.16. The van der Waals surface area contributed by atoms with Crippen LogP contribution in [0.3, 0.4) is 0 Å². The summed E-state index contributed by atoms with van der Waals surface area (Å²) in [5.74, 6) is 0.178. The van der Waals surface area contributed by atoms with E-state index in [1.807, 2.05) is 40.6 Å². The fraction of sp³-hybridized carbons (Fsp3) is 0.300. The summed E-state index contributed by atoms with van der Waals surface area (Å²) in [6.07, 6.45) is 1.95. The lowest BCUT2D eigenvalue weighted by Crippen LogP contribution is -2.27. The number of halogens is 1. The van der Waals surface area contributed by atoms with Crippen molar-refractivity contribution < 1.29 is 4.79 Å². The van der Waals surface area contributed by atoms with Crippen LogP contribution in [0.15, 0.2) is 28.3 Å². The summed E-state index contributed by atoms with van der Waals surface area (Å²) in [5, 5.41) is 1.93. The van der Waals surface area contributed by atoms with Crippen LogP contribution in [0.25, 0.3) is 0 Å². The summed E-state index contributed by atoms with van der Waals surface area (Å²) in [4.78, 5) is 16.6. The van der Waals surface area contributed by atoms with Crippen molar-refractivity contribution in [1.82, 2.24) is 9.80 Å². The van der Waals surface area contributed by atoms with Crippen LogP contribution >= 0.6 is 27.3 Å². The monoisotopic (exact) mass is 286 g/mol. The number of ketones is 1. The fourth-order valence-corrected chi connectivity index (χ4v) is 2.48. The van der Waals surface area contributed by atoms with Gasteiger partial charge in [0.05, 0.1) is 22.7 Å². The van der Waals surface area contributed by atoms with Gasteiger partial charge in [0, 0.05) is 13.2 Å². The average molecular weight is 287 g/mol. The van der Waals surface area contributed by atoms with Crippen LogP contribution in [-0.4, -0.2) is 35.8 Å². The normalized spacial score (nSPS) is 15.7. The van der Waals surface area contributed by atoms with Gasteiger partial charge >= 0.3 is 0 Å². The smallest absolute Gasteiger partial charge is 0.192 e. The van der Waals surface area contributed by atoms with Crippen LogP contribution in [0.1, 0.15) is 9.67 Å². The van der Waals surface area contributed by atoms with E-state index in [2.05, 4.69) is 15.9 Å². The summed E-state index contributed by atoms with van der Waals surface area (Å²) in [6.45, 7) is 1.21. The molecule has 5 heteroatoms. The number of hydrogen-bond acceptors (Lipinski definition) is 4. The molecule has 0 aliphatic carbocycles. The Balaban J connectivity index is 1.97. The van der Waals surface area contributed by atoms with E-state index in [0.717, 1.165) is 16.2 Å². The molecule has 3 nitrogen and oxygen atoms in total. The van der Waals surface area contributed by atoms with E-state index in [1.165, 1.54) is 11.3 Å². The first-order valence-electron chi connectivity index (χ1n) is 4.56. The van der Waals surface area contributed by atoms with E-state index >= 15 is 0 Å². The third-order valence-corrected chi connectivity index (χ3v) is 3.91. The molecule has 0 saturated heterocycles. The van der Waals surface area contributed by atoms with Gasteiger partial charge in [0.1, 0.15) is 0 Å². The third kappa shape index (κ3) is 2.41. The number of nitrogens with zero attached hydrogens (tertiary/aromatic N) is 2. The van der Waals surface area contributed by atoms with Gasteiger partial charge in [0.25, 0.3) is 0 Å². The highest BCUT2D eigenvalue weighted by Gasteiger charge is 2.18. The molecule has 0 atom stereocenters. The molecule has 80 valence electrons. The number of rotatable bonds is 3. The topological polar surface area (TPSA) is 23.6 Å². The molecule has 0 unspecified atom stereocenters. The van der Waals surface area contributed by atoms with Crippen LogP contribution in [-0.2, 0) is 0 Å².